The number of pyridine rings is 1. The summed E-state index contributed by atoms with van der Waals surface area (Å²) in [5, 5.41) is 0. The van der Waals surface area contributed by atoms with Crippen molar-refractivity contribution in [1.29, 1.82) is 0 Å². The number of rotatable bonds is 9. The number of ether oxygens (including phenoxy) is 3. The van der Waals surface area contributed by atoms with Gasteiger partial charge in [0.1, 0.15) is 5.82 Å². The summed E-state index contributed by atoms with van der Waals surface area (Å²) in [7, 11) is 4.95. The van der Waals surface area contributed by atoms with E-state index in [1.165, 1.54) is 0 Å². The topological polar surface area (TPSA) is 69.8 Å². The lowest BCUT2D eigenvalue weighted by Gasteiger charge is -2.23. The van der Waals surface area contributed by atoms with Gasteiger partial charge in [-0.3, -0.25) is 0 Å². The molecule has 0 saturated heterocycles. The van der Waals surface area contributed by atoms with Gasteiger partial charge >= 0.3 is 0 Å². The third-order valence-corrected chi connectivity index (χ3v) is 2.73. The van der Waals surface area contributed by atoms with E-state index >= 15 is 0 Å². The number of aromatic nitrogens is 1. The Morgan fingerprint density at radius 1 is 1.11 bits per heavy atom. The van der Waals surface area contributed by atoms with Crippen molar-refractivity contribution >= 4 is 11.5 Å². The monoisotopic (exact) mass is 269 g/mol. The Bertz CT molecular complexity index is 374. The second-order valence-electron chi connectivity index (χ2n) is 4.09. The molecule has 2 N–H and O–H groups in total. The van der Waals surface area contributed by atoms with Gasteiger partial charge in [-0.1, -0.05) is 0 Å². The molecule has 6 nitrogen and oxygen atoms in total. The molecular formula is C13H23N3O3. The highest BCUT2D eigenvalue weighted by molar-refractivity contribution is 5.54. The van der Waals surface area contributed by atoms with Gasteiger partial charge in [0.2, 0.25) is 5.88 Å². The van der Waals surface area contributed by atoms with Crippen LogP contribution in [0.3, 0.4) is 0 Å². The van der Waals surface area contributed by atoms with Crippen molar-refractivity contribution in [2.24, 2.45) is 0 Å². The molecule has 0 atom stereocenters. The Morgan fingerprint density at radius 2 is 1.84 bits per heavy atom. The van der Waals surface area contributed by atoms with Gasteiger partial charge in [0, 0.05) is 33.9 Å². The van der Waals surface area contributed by atoms with Gasteiger partial charge < -0.3 is 24.8 Å². The second-order valence-corrected chi connectivity index (χ2v) is 4.09. The van der Waals surface area contributed by atoms with Crippen LogP contribution in [0.15, 0.2) is 12.1 Å². The molecule has 1 rings (SSSR count). The van der Waals surface area contributed by atoms with Crippen LogP contribution in [-0.4, -0.2) is 52.6 Å². The maximum atomic E-state index is 5.77. The van der Waals surface area contributed by atoms with Crippen molar-refractivity contribution in [1.82, 2.24) is 4.98 Å². The van der Waals surface area contributed by atoms with Gasteiger partial charge in [0.25, 0.3) is 0 Å². The minimum absolute atomic E-state index is 0.451. The van der Waals surface area contributed by atoms with E-state index < -0.39 is 0 Å². The molecule has 0 saturated carbocycles. The lowest BCUT2D eigenvalue weighted by Crippen LogP contribution is -2.29. The fraction of sp³-hybridized carbons (Fsp3) is 0.615. The Kier molecular flexibility index (Phi) is 6.99. The summed E-state index contributed by atoms with van der Waals surface area (Å²) >= 11 is 0. The molecule has 0 radical (unpaired) electrons. The Balaban J connectivity index is 2.76. The minimum atomic E-state index is 0.451. The molecule has 0 aliphatic heterocycles. The lowest BCUT2D eigenvalue weighted by atomic mass is 10.3. The van der Waals surface area contributed by atoms with Crippen LogP contribution in [0, 0.1) is 0 Å². The predicted molar refractivity (Wildman–Crippen MR) is 75.8 cm³/mol. The molecule has 6 heteroatoms. The van der Waals surface area contributed by atoms with Crippen LogP contribution in [0.25, 0.3) is 0 Å². The minimum Gasteiger partial charge on any atom is -0.479 e. The SMILES string of the molecule is COCCCN(CCOC)c1ccc(N)c(OC)n1. The highest BCUT2D eigenvalue weighted by Gasteiger charge is 2.10. The summed E-state index contributed by atoms with van der Waals surface area (Å²) in [6.07, 6.45) is 0.925. The number of nitrogen functional groups attached to an aromatic ring is 1. The van der Waals surface area contributed by atoms with Crippen molar-refractivity contribution in [3.63, 3.8) is 0 Å². The number of anilines is 2. The Morgan fingerprint density at radius 3 is 2.47 bits per heavy atom. The predicted octanol–water partition coefficient (Wildman–Crippen LogP) is 1.16. The average Bonchev–Trinajstić information content (AvgIpc) is 2.43. The van der Waals surface area contributed by atoms with Crippen molar-refractivity contribution in [2.75, 3.05) is 58.3 Å². The highest BCUT2D eigenvalue weighted by Crippen LogP contribution is 2.22. The van der Waals surface area contributed by atoms with E-state index in [2.05, 4.69) is 9.88 Å². The zero-order valence-electron chi connectivity index (χ0n) is 11.9. The molecule has 0 aliphatic carbocycles. The normalized spacial score (nSPS) is 10.5. The maximum Gasteiger partial charge on any atom is 0.238 e. The average molecular weight is 269 g/mol. The number of nitrogens with zero attached hydrogens (tertiary/aromatic N) is 2. The molecule has 0 aliphatic rings. The van der Waals surface area contributed by atoms with Crippen LogP contribution in [0.4, 0.5) is 11.5 Å². The molecule has 0 fully saturated rings. The zero-order chi connectivity index (χ0) is 14.1. The van der Waals surface area contributed by atoms with Crippen LogP contribution < -0.4 is 15.4 Å². The number of nitrogens with two attached hydrogens (primary N) is 1. The van der Waals surface area contributed by atoms with Crippen molar-refractivity contribution in [3.05, 3.63) is 12.1 Å². The first kappa shape index (κ1) is 15.5. The molecule has 0 spiro atoms. The summed E-state index contributed by atoms with van der Waals surface area (Å²) in [6, 6.07) is 3.69. The number of hydrogen-bond donors (Lipinski definition) is 1. The molecule has 1 aromatic rings. The third-order valence-electron chi connectivity index (χ3n) is 2.73. The molecule has 0 bridgehead atoms. The fourth-order valence-corrected chi connectivity index (χ4v) is 1.72. The summed E-state index contributed by atoms with van der Waals surface area (Å²) in [6.45, 7) is 2.97. The summed E-state index contributed by atoms with van der Waals surface area (Å²) < 4.78 is 15.3. The first-order valence-corrected chi connectivity index (χ1v) is 6.26. The van der Waals surface area contributed by atoms with E-state index in [4.69, 9.17) is 19.9 Å². The van der Waals surface area contributed by atoms with Crippen LogP contribution >= 0.6 is 0 Å². The van der Waals surface area contributed by atoms with E-state index in [-0.39, 0.29) is 0 Å². The molecule has 0 amide bonds. The van der Waals surface area contributed by atoms with Gasteiger partial charge in [0.15, 0.2) is 0 Å². The third kappa shape index (κ3) is 4.92. The van der Waals surface area contributed by atoms with Gasteiger partial charge in [-0.25, -0.2) is 0 Å². The first-order valence-electron chi connectivity index (χ1n) is 6.26. The van der Waals surface area contributed by atoms with Crippen molar-refractivity contribution < 1.29 is 14.2 Å². The van der Waals surface area contributed by atoms with Gasteiger partial charge in [-0.2, -0.15) is 4.98 Å². The largest absolute Gasteiger partial charge is 0.479 e. The first-order chi connectivity index (χ1) is 9.22. The van der Waals surface area contributed by atoms with E-state index in [0.29, 0.717) is 18.2 Å². The molecule has 108 valence electrons. The van der Waals surface area contributed by atoms with Crippen molar-refractivity contribution in [2.45, 2.75) is 6.42 Å². The van der Waals surface area contributed by atoms with E-state index in [1.54, 1.807) is 27.4 Å². The standard InChI is InChI=1S/C13H23N3O3/c1-17-9-4-7-16(8-10-18-2)12-6-5-11(14)13(15-12)19-3/h5-6H,4,7-10,14H2,1-3H3. The molecule has 1 aromatic heterocycles. The van der Waals surface area contributed by atoms with Crippen LogP contribution in [0.5, 0.6) is 5.88 Å². The van der Waals surface area contributed by atoms with Gasteiger partial charge in [-0.15, -0.1) is 0 Å². The van der Waals surface area contributed by atoms with Crippen LogP contribution in [0.1, 0.15) is 6.42 Å². The molecule has 0 aromatic carbocycles. The fourth-order valence-electron chi connectivity index (χ4n) is 1.72. The summed E-state index contributed by atoms with van der Waals surface area (Å²) in [5.74, 6) is 1.28. The van der Waals surface area contributed by atoms with Gasteiger partial charge in [-0.05, 0) is 18.6 Å². The highest BCUT2D eigenvalue weighted by atomic mass is 16.5. The molecule has 0 unspecified atom stereocenters. The van der Waals surface area contributed by atoms with Gasteiger partial charge in [0.05, 0.1) is 19.4 Å². The van der Waals surface area contributed by atoms with Crippen molar-refractivity contribution in [3.8, 4) is 5.88 Å². The summed E-state index contributed by atoms with van der Waals surface area (Å²) in [4.78, 5) is 6.53. The number of hydrogen-bond acceptors (Lipinski definition) is 6. The molecule has 19 heavy (non-hydrogen) atoms. The lowest BCUT2D eigenvalue weighted by molar-refractivity contribution is 0.191. The maximum absolute atomic E-state index is 5.77. The van der Waals surface area contributed by atoms with E-state index in [0.717, 1.165) is 31.9 Å². The van der Waals surface area contributed by atoms with Crippen LogP contribution in [0.2, 0.25) is 0 Å². The van der Waals surface area contributed by atoms with E-state index in [9.17, 15) is 0 Å². The molecule has 1 heterocycles. The number of methoxy groups -OCH3 is 3. The second kappa shape index (κ2) is 8.55. The summed E-state index contributed by atoms with van der Waals surface area (Å²) in [5.41, 5.74) is 6.31. The smallest absolute Gasteiger partial charge is 0.238 e. The Labute approximate surface area is 114 Å². The zero-order valence-corrected chi connectivity index (χ0v) is 11.9. The van der Waals surface area contributed by atoms with Crippen LogP contribution in [-0.2, 0) is 9.47 Å². The molecular weight excluding hydrogens is 246 g/mol. The Hall–Kier alpha value is -1.53. The quantitative estimate of drug-likeness (QED) is 0.678. The van der Waals surface area contributed by atoms with E-state index in [1.807, 2.05) is 6.07 Å².